The van der Waals surface area contributed by atoms with Crippen LogP contribution in [0.5, 0.6) is 0 Å². The molecule has 0 bridgehead atoms. The number of ether oxygens (including phenoxy) is 1. The zero-order chi connectivity index (χ0) is 12.8. The topological polar surface area (TPSA) is 46.6 Å². The summed E-state index contributed by atoms with van der Waals surface area (Å²) in [6.45, 7) is 3.49. The van der Waals surface area contributed by atoms with Gasteiger partial charge >= 0.3 is 5.97 Å². The maximum Gasteiger partial charge on any atom is 0.303 e. The first-order valence-corrected chi connectivity index (χ1v) is 6.31. The van der Waals surface area contributed by atoms with Crippen LogP contribution in [0.4, 0.5) is 0 Å². The molecule has 4 nitrogen and oxygen atoms in total. The minimum absolute atomic E-state index is 0.0118. The maximum absolute atomic E-state index is 11.1. The van der Waals surface area contributed by atoms with E-state index in [4.69, 9.17) is 4.74 Å². The summed E-state index contributed by atoms with van der Waals surface area (Å²) in [5.41, 5.74) is 0. The number of hydrogen-bond acceptors (Lipinski definition) is 4. The van der Waals surface area contributed by atoms with Gasteiger partial charge < -0.3 is 9.64 Å². The number of rotatable bonds is 5. The van der Waals surface area contributed by atoms with E-state index in [1.54, 1.807) is 23.3 Å². The van der Waals surface area contributed by atoms with E-state index in [-0.39, 0.29) is 18.0 Å². The first kappa shape index (κ1) is 13.7. The van der Waals surface area contributed by atoms with Crippen molar-refractivity contribution in [2.75, 3.05) is 13.6 Å². The molecule has 0 aliphatic carbocycles. The SMILES string of the molecule is CC(=O)OC(CCN(C)C(C)=O)c1cccs1. The summed E-state index contributed by atoms with van der Waals surface area (Å²) in [5.74, 6) is -0.286. The average Bonchev–Trinajstić information content (AvgIpc) is 2.76. The lowest BCUT2D eigenvalue weighted by atomic mass is 10.2. The molecule has 5 heteroatoms. The number of amides is 1. The second-order valence-corrected chi connectivity index (χ2v) is 4.82. The van der Waals surface area contributed by atoms with Crippen molar-refractivity contribution in [3.05, 3.63) is 22.4 Å². The summed E-state index contributed by atoms with van der Waals surface area (Å²) in [6, 6.07) is 3.86. The highest BCUT2D eigenvalue weighted by atomic mass is 32.1. The standard InChI is InChI=1S/C12H17NO3S/c1-9(14)13(3)7-6-11(16-10(2)15)12-5-4-8-17-12/h4-5,8,11H,6-7H2,1-3H3. The average molecular weight is 255 g/mol. The Morgan fingerprint density at radius 2 is 2.18 bits per heavy atom. The monoisotopic (exact) mass is 255 g/mol. The molecular formula is C12H17NO3S. The van der Waals surface area contributed by atoms with Gasteiger partial charge in [0.1, 0.15) is 6.10 Å². The Labute approximate surface area is 105 Å². The third-order valence-corrected chi connectivity index (χ3v) is 3.40. The van der Waals surface area contributed by atoms with Gasteiger partial charge in [0, 0.05) is 38.7 Å². The predicted octanol–water partition coefficient (Wildman–Crippen LogP) is 2.22. The van der Waals surface area contributed by atoms with Crippen LogP contribution in [-0.2, 0) is 14.3 Å². The van der Waals surface area contributed by atoms with Gasteiger partial charge in [-0.25, -0.2) is 0 Å². The second kappa shape index (κ2) is 6.39. The quantitative estimate of drug-likeness (QED) is 0.758. The van der Waals surface area contributed by atoms with E-state index >= 15 is 0 Å². The molecule has 0 fully saturated rings. The Balaban J connectivity index is 2.59. The van der Waals surface area contributed by atoms with Crippen LogP contribution in [0, 0.1) is 0 Å². The fourth-order valence-corrected chi connectivity index (χ4v) is 2.19. The first-order valence-electron chi connectivity index (χ1n) is 5.43. The first-order chi connectivity index (χ1) is 8.00. The third kappa shape index (κ3) is 4.56. The predicted molar refractivity (Wildman–Crippen MR) is 66.8 cm³/mol. The van der Waals surface area contributed by atoms with E-state index in [0.29, 0.717) is 13.0 Å². The van der Waals surface area contributed by atoms with Gasteiger partial charge in [-0.2, -0.15) is 0 Å². The molecular weight excluding hydrogens is 238 g/mol. The fraction of sp³-hybridized carbons (Fsp3) is 0.500. The molecule has 94 valence electrons. The van der Waals surface area contributed by atoms with Crippen molar-refractivity contribution in [2.24, 2.45) is 0 Å². The Bertz CT molecular complexity index is 375. The Morgan fingerprint density at radius 1 is 1.47 bits per heavy atom. The number of thiophene rings is 1. The summed E-state index contributed by atoms with van der Waals surface area (Å²) in [7, 11) is 1.74. The van der Waals surface area contributed by atoms with Crippen molar-refractivity contribution >= 4 is 23.2 Å². The lowest BCUT2D eigenvalue weighted by Crippen LogP contribution is -2.26. The molecule has 1 atom stereocenters. The van der Waals surface area contributed by atoms with E-state index in [1.807, 2.05) is 17.5 Å². The van der Waals surface area contributed by atoms with Gasteiger partial charge in [0.25, 0.3) is 0 Å². The van der Waals surface area contributed by atoms with Gasteiger partial charge in [-0.1, -0.05) is 6.07 Å². The van der Waals surface area contributed by atoms with Crippen LogP contribution in [-0.4, -0.2) is 30.4 Å². The zero-order valence-electron chi connectivity index (χ0n) is 10.3. The molecule has 0 N–H and O–H groups in total. The molecule has 0 radical (unpaired) electrons. The highest BCUT2D eigenvalue weighted by Gasteiger charge is 2.17. The molecule has 1 heterocycles. The van der Waals surface area contributed by atoms with Gasteiger partial charge in [-0.3, -0.25) is 9.59 Å². The van der Waals surface area contributed by atoms with Crippen LogP contribution in [0.1, 0.15) is 31.2 Å². The number of carbonyl (C=O) groups is 2. The van der Waals surface area contributed by atoms with Crippen LogP contribution in [0.3, 0.4) is 0 Å². The van der Waals surface area contributed by atoms with Crippen molar-refractivity contribution in [1.29, 1.82) is 0 Å². The molecule has 0 aromatic carbocycles. The molecule has 0 saturated heterocycles. The molecule has 1 rings (SSSR count). The number of nitrogens with zero attached hydrogens (tertiary/aromatic N) is 1. The van der Waals surface area contributed by atoms with Crippen molar-refractivity contribution < 1.29 is 14.3 Å². The minimum atomic E-state index is -0.297. The third-order valence-electron chi connectivity index (χ3n) is 2.43. The van der Waals surface area contributed by atoms with Gasteiger partial charge in [0.2, 0.25) is 5.91 Å². The number of esters is 1. The fourth-order valence-electron chi connectivity index (χ4n) is 1.40. The van der Waals surface area contributed by atoms with Crippen LogP contribution in [0.2, 0.25) is 0 Å². The molecule has 1 amide bonds. The largest absolute Gasteiger partial charge is 0.457 e. The molecule has 1 aromatic heterocycles. The normalized spacial score (nSPS) is 11.9. The van der Waals surface area contributed by atoms with Gasteiger partial charge in [-0.15, -0.1) is 11.3 Å². The summed E-state index contributed by atoms with van der Waals surface area (Å²) in [4.78, 5) is 24.7. The molecule has 17 heavy (non-hydrogen) atoms. The summed E-state index contributed by atoms with van der Waals surface area (Å²) < 4.78 is 5.26. The second-order valence-electron chi connectivity index (χ2n) is 3.84. The Morgan fingerprint density at radius 3 is 2.65 bits per heavy atom. The molecule has 0 aliphatic heterocycles. The van der Waals surface area contributed by atoms with Gasteiger partial charge in [-0.05, 0) is 11.4 Å². The van der Waals surface area contributed by atoms with E-state index in [1.165, 1.54) is 13.8 Å². The smallest absolute Gasteiger partial charge is 0.303 e. The maximum atomic E-state index is 11.1. The lowest BCUT2D eigenvalue weighted by molar-refractivity contribution is -0.147. The van der Waals surface area contributed by atoms with E-state index in [0.717, 1.165) is 4.88 Å². The van der Waals surface area contributed by atoms with Gasteiger partial charge in [0.05, 0.1) is 0 Å². The van der Waals surface area contributed by atoms with E-state index in [9.17, 15) is 9.59 Å². The molecule has 0 aliphatic rings. The highest BCUT2D eigenvalue weighted by Crippen LogP contribution is 2.25. The van der Waals surface area contributed by atoms with E-state index in [2.05, 4.69) is 0 Å². The lowest BCUT2D eigenvalue weighted by Gasteiger charge is -2.20. The molecule has 1 aromatic rings. The van der Waals surface area contributed by atoms with Crippen LogP contribution in [0.25, 0.3) is 0 Å². The molecule has 0 saturated carbocycles. The van der Waals surface area contributed by atoms with Crippen LogP contribution in [0.15, 0.2) is 17.5 Å². The summed E-state index contributed by atoms with van der Waals surface area (Å²) in [5, 5.41) is 1.94. The Hall–Kier alpha value is -1.36. The Kier molecular flexibility index (Phi) is 5.15. The minimum Gasteiger partial charge on any atom is -0.457 e. The van der Waals surface area contributed by atoms with Crippen molar-refractivity contribution in [3.8, 4) is 0 Å². The summed E-state index contributed by atoms with van der Waals surface area (Å²) in [6.07, 6.45) is 0.366. The molecule has 1 unspecified atom stereocenters. The molecule has 0 spiro atoms. The van der Waals surface area contributed by atoms with Crippen LogP contribution < -0.4 is 0 Å². The number of hydrogen-bond donors (Lipinski definition) is 0. The van der Waals surface area contributed by atoms with Crippen molar-refractivity contribution in [1.82, 2.24) is 4.90 Å². The van der Waals surface area contributed by atoms with Crippen LogP contribution >= 0.6 is 11.3 Å². The van der Waals surface area contributed by atoms with E-state index < -0.39 is 0 Å². The number of carbonyl (C=O) groups excluding carboxylic acids is 2. The zero-order valence-corrected chi connectivity index (χ0v) is 11.1. The highest BCUT2D eigenvalue weighted by molar-refractivity contribution is 7.10. The van der Waals surface area contributed by atoms with Crippen molar-refractivity contribution in [2.45, 2.75) is 26.4 Å². The van der Waals surface area contributed by atoms with Gasteiger partial charge in [0.15, 0.2) is 0 Å². The van der Waals surface area contributed by atoms with Crippen molar-refractivity contribution in [3.63, 3.8) is 0 Å². The summed E-state index contributed by atoms with van der Waals surface area (Å²) >= 11 is 1.55.